The van der Waals surface area contributed by atoms with Crippen LogP contribution in [0.15, 0.2) is 28.2 Å². The fourth-order valence-electron chi connectivity index (χ4n) is 2.35. The minimum absolute atomic E-state index is 0.0793. The normalized spacial score (nSPS) is 11.1. The average Bonchev–Trinajstić information content (AvgIpc) is 2.82. The number of ketones is 1. The van der Waals surface area contributed by atoms with Crippen LogP contribution in [-0.2, 0) is 0 Å². The lowest BCUT2D eigenvalue weighted by Crippen LogP contribution is -2.10. The summed E-state index contributed by atoms with van der Waals surface area (Å²) in [5, 5.41) is 10.6. The van der Waals surface area contributed by atoms with Crippen molar-refractivity contribution in [2.24, 2.45) is 0 Å². The summed E-state index contributed by atoms with van der Waals surface area (Å²) in [5.41, 5.74) is 1.97. The number of hydrogen-bond acceptors (Lipinski definition) is 6. The Morgan fingerprint density at radius 3 is 2.79 bits per heavy atom. The molecule has 0 saturated heterocycles. The van der Waals surface area contributed by atoms with Gasteiger partial charge in [0.05, 0.1) is 11.1 Å². The molecule has 0 bridgehead atoms. The number of nitrogens with zero attached hydrogens (tertiary/aromatic N) is 1. The van der Waals surface area contributed by atoms with Crippen molar-refractivity contribution >= 4 is 39.1 Å². The zero-order chi connectivity index (χ0) is 17.4. The molecule has 0 saturated carbocycles. The second-order valence-corrected chi connectivity index (χ2v) is 7.71. The van der Waals surface area contributed by atoms with E-state index in [9.17, 15) is 14.7 Å². The second kappa shape index (κ2) is 6.41. The number of aryl methyl sites for hydroxylation is 3. The minimum Gasteiger partial charge on any atom is -0.508 e. The number of phenols is 1. The number of hydrogen-bond donors (Lipinski definition) is 2. The first kappa shape index (κ1) is 16.7. The van der Waals surface area contributed by atoms with Gasteiger partial charge in [0.15, 0.2) is 10.9 Å². The summed E-state index contributed by atoms with van der Waals surface area (Å²) in [5.74, 6) is 0.255. The van der Waals surface area contributed by atoms with Crippen molar-refractivity contribution in [1.29, 1.82) is 0 Å². The number of nitrogens with one attached hydrogen (secondary N) is 1. The van der Waals surface area contributed by atoms with Gasteiger partial charge in [-0.25, -0.2) is 4.98 Å². The molecule has 0 aliphatic carbocycles. The molecule has 3 rings (SSSR count). The number of rotatable bonds is 4. The standard InChI is InChI=1S/C17H16N2O3S2/c1-8-6-11(4-5-12(8)20)13(21)7-23-17-18-15(22)14-9(2)10(3)24-16(14)19-17/h4-6,20H,7H2,1-3H3,(H,18,19,22). The number of carbonyl (C=O) groups excluding carboxylic acids is 1. The molecule has 0 aliphatic heterocycles. The van der Waals surface area contributed by atoms with E-state index in [1.165, 1.54) is 29.2 Å². The van der Waals surface area contributed by atoms with E-state index in [4.69, 9.17) is 0 Å². The summed E-state index contributed by atoms with van der Waals surface area (Å²) >= 11 is 2.69. The fourth-order valence-corrected chi connectivity index (χ4v) is 4.19. The highest BCUT2D eigenvalue weighted by molar-refractivity contribution is 7.99. The molecular weight excluding hydrogens is 344 g/mol. The van der Waals surface area contributed by atoms with Crippen molar-refractivity contribution in [2.45, 2.75) is 25.9 Å². The van der Waals surface area contributed by atoms with E-state index in [1.807, 2.05) is 13.8 Å². The number of aromatic amines is 1. The van der Waals surface area contributed by atoms with Crippen molar-refractivity contribution in [3.8, 4) is 5.75 Å². The Kier molecular flexibility index (Phi) is 4.47. The molecule has 124 valence electrons. The van der Waals surface area contributed by atoms with Crippen molar-refractivity contribution in [3.63, 3.8) is 0 Å². The van der Waals surface area contributed by atoms with Crippen LogP contribution >= 0.6 is 23.1 Å². The molecular formula is C17H16N2O3S2. The maximum absolute atomic E-state index is 12.3. The van der Waals surface area contributed by atoms with Gasteiger partial charge >= 0.3 is 0 Å². The van der Waals surface area contributed by atoms with Gasteiger partial charge in [0.25, 0.3) is 5.56 Å². The summed E-state index contributed by atoms with van der Waals surface area (Å²) in [6, 6.07) is 4.76. The Morgan fingerprint density at radius 1 is 1.33 bits per heavy atom. The van der Waals surface area contributed by atoms with Crippen LogP contribution in [0.25, 0.3) is 10.2 Å². The molecule has 0 atom stereocenters. The second-order valence-electron chi connectivity index (χ2n) is 5.55. The van der Waals surface area contributed by atoms with E-state index in [0.29, 0.717) is 26.5 Å². The van der Waals surface area contributed by atoms with Gasteiger partial charge in [-0.2, -0.15) is 0 Å². The van der Waals surface area contributed by atoms with Crippen LogP contribution < -0.4 is 5.56 Å². The van der Waals surface area contributed by atoms with Gasteiger partial charge in [0.2, 0.25) is 0 Å². The number of carbonyl (C=O) groups is 1. The lowest BCUT2D eigenvalue weighted by molar-refractivity contribution is 0.102. The van der Waals surface area contributed by atoms with Crippen LogP contribution in [0.3, 0.4) is 0 Å². The molecule has 3 aromatic rings. The first-order chi connectivity index (χ1) is 11.4. The summed E-state index contributed by atoms with van der Waals surface area (Å²) in [4.78, 5) is 33.4. The van der Waals surface area contributed by atoms with Gasteiger partial charge in [-0.3, -0.25) is 9.59 Å². The highest BCUT2D eigenvalue weighted by Gasteiger charge is 2.14. The third-order valence-corrected chi connectivity index (χ3v) is 5.85. The highest BCUT2D eigenvalue weighted by Crippen LogP contribution is 2.27. The van der Waals surface area contributed by atoms with Gasteiger partial charge in [-0.1, -0.05) is 11.8 Å². The number of thioether (sulfide) groups is 1. The molecule has 0 radical (unpaired) electrons. The monoisotopic (exact) mass is 360 g/mol. The van der Waals surface area contributed by atoms with E-state index >= 15 is 0 Å². The highest BCUT2D eigenvalue weighted by atomic mass is 32.2. The summed E-state index contributed by atoms with van der Waals surface area (Å²) in [6.07, 6.45) is 0. The number of Topliss-reactive ketones (excluding diaryl/α,β-unsaturated/α-hetero) is 1. The molecule has 24 heavy (non-hydrogen) atoms. The van der Waals surface area contributed by atoms with Gasteiger partial charge in [0, 0.05) is 10.4 Å². The SMILES string of the molecule is Cc1cc(C(=O)CSc2nc3sc(C)c(C)c3c(=O)[nH]2)ccc1O. The van der Waals surface area contributed by atoms with Crippen molar-refractivity contribution in [3.05, 3.63) is 50.1 Å². The number of H-pyrrole nitrogens is 1. The molecule has 0 aliphatic rings. The molecule has 2 N–H and O–H groups in total. The average molecular weight is 360 g/mol. The number of benzene rings is 1. The van der Waals surface area contributed by atoms with Crippen LogP contribution in [0.5, 0.6) is 5.75 Å². The maximum Gasteiger partial charge on any atom is 0.260 e. The smallest absolute Gasteiger partial charge is 0.260 e. The molecule has 0 amide bonds. The summed E-state index contributed by atoms with van der Waals surface area (Å²) in [6.45, 7) is 5.62. The molecule has 1 aromatic carbocycles. The zero-order valence-electron chi connectivity index (χ0n) is 13.5. The number of aromatic hydroxyl groups is 1. The predicted octanol–water partition coefficient (Wildman–Crippen LogP) is 3.59. The number of phenolic OH excluding ortho intramolecular Hbond substituents is 1. The first-order valence-corrected chi connectivity index (χ1v) is 9.12. The molecule has 7 heteroatoms. The Balaban J connectivity index is 1.81. The number of fused-ring (bicyclic) bond motifs is 1. The van der Waals surface area contributed by atoms with Gasteiger partial charge in [-0.05, 0) is 50.1 Å². The molecule has 0 spiro atoms. The lowest BCUT2D eigenvalue weighted by Gasteiger charge is -2.04. The fraction of sp³-hybridized carbons (Fsp3) is 0.235. The molecule has 2 aromatic heterocycles. The number of aromatic nitrogens is 2. The van der Waals surface area contributed by atoms with E-state index < -0.39 is 0 Å². The third kappa shape index (κ3) is 3.09. The Bertz CT molecular complexity index is 1000. The third-order valence-electron chi connectivity index (χ3n) is 3.88. The minimum atomic E-state index is -0.169. The molecule has 0 fully saturated rings. The van der Waals surface area contributed by atoms with Crippen LogP contribution in [0.1, 0.15) is 26.4 Å². The van der Waals surface area contributed by atoms with Crippen LogP contribution in [0, 0.1) is 20.8 Å². The van der Waals surface area contributed by atoms with E-state index in [2.05, 4.69) is 9.97 Å². The Labute approximate surface area is 146 Å². The maximum atomic E-state index is 12.3. The van der Waals surface area contributed by atoms with E-state index in [-0.39, 0.29) is 22.8 Å². The van der Waals surface area contributed by atoms with Crippen molar-refractivity contribution in [2.75, 3.05) is 5.75 Å². The Morgan fingerprint density at radius 2 is 2.08 bits per heavy atom. The van der Waals surface area contributed by atoms with E-state index in [1.54, 1.807) is 19.1 Å². The lowest BCUT2D eigenvalue weighted by atomic mass is 10.1. The van der Waals surface area contributed by atoms with Crippen molar-refractivity contribution < 1.29 is 9.90 Å². The van der Waals surface area contributed by atoms with Crippen LogP contribution in [-0.4, -0.2) is 26.6 Å². The summed E-state index contributed by atoms with van der Waals surface area (Å²) < 4.78 is 0. The molecule has 0 unspecified atom stereocenters. The molecule has 5 nitrogen and oxygen atoms in total. The van der Waals surface area contributed by atoms with Crippen LogP contribution in [0.2, 0.25) is 0 Å². The first-order valence-electron chi connectivity index (χ1n) is 7.32. The van der Waals surface area contributed by atoms with Crippen molar-refractivity contribution in [1.82, 2.24) is 9.97 Å². The summed E-state index contributed by atoms with van der Waals surface area (Å²) in [7, 11) is 0. The topological polar surface area (TPSA) is 83.0 Å². The van der Waals surface area contributed by atoms with Crippen LogP contribution in [0.4, 0.5) is 0 Å². The number of thiophene rings is 1. The van der Waals surface area contributed by atoms with Gasteiger partial charge < -0.3 is 10.1 Å². The van der Waals surface area contributed by atoms with Gasteiger partial charge in [-0.15, -0.1) is 11.3 Å². The quantitative estimate of drug-likeness (QED) is 0.422. The van der Waals surface area contributed by atoms with E-state index in [0.717, 1.165) is 10.4 Å². The molecule has 2 heterocycles. The predicted molar refractivity (Wildman–Crippen MR) is 97.6 cm³/mol. The van der Waals surface area contributed by atoms with Gasteiger partial charge in [0.1, 0.15) is 10.6 Å². The zero-order valence-corrected chi connectivity index (χ0v) is 15.1. The Hall–Kier alpha value is -2.12. The largest absolute Gasteiger partial charge is 0.508 e.